The number of rotatable bonds is 4. The van der Waals surface area contributed by atoms with Crippen molar-refractivity contribution in [2.45, 2.75) is 6.54 Å². The number of halogens is 1. The van der Waals surface area contributed by atoms with E-state index in [1.165, 1.54) is 0 Å². The zero-order valence-corrected chi connectivity index (χ0v) is 14.2. The van der Waals surface area contributed by atoms with Crippen LogP contribution in [0, 0.1) is 0 Å². The Morgan fingerprint density at radius 3 is 2.58 bits per heavy atom. The maximum Gasteiger partial charge on any atom is 0.323 e. The average Bonchev–Trinajstić information content (AvgIpc) is 3.18. The zero-order valence-electron chi connectivity index (χ0n) is 12.6. The number of H-pyrrole nitrogens is 2. The van der Waals surface area contributed by atoms with Crippen molar-refractivity contribution < 1.29 is 4.42 Å². The molecule has 0 fully saturated rings. The molecule has 0 saturated heterocycles. The zero-order chi connectivity index (χ0) is 16.5. The number of anilines is 1. The van der Waals surface area contributed by atoms with Gasteiger partial charge in [-0.15, -0.1) is 0 Å². The lowest BCUT2D eigenvalue weighted by molar-refractivity contribution is 0.531. The van der Waals surface area contributed by atoms with Gasteiger partial charge in [-0.25, -0.2) is 4.79 Å². The van der Waals surface area contributed by atoms with Gasteiger partial charge in [0.05, 0.1) is 17.6 Å². The normalized spacial score (nSPS) is 11.0. The van der Waals surface area contributed by atoms with Crippen molar-refractivity contribution in [3.05, 3.63) is 75.3 Å². The van der Waals surface area contributed by atoms with Crippen molar-refractivity contribution in [2.24, 2.45) is 0 Å². The minimum absolute atomic E-state index is 0.202. The van der Waals surface area contributed by atoms with E-state index in [0.29, 0.717) is 6.54 Å². The highest BCUT2D eigenvalue weighted by Gasteiger charge is 2.05. The van der Waals surface area contributed by atoms with Crippen molar-refractivity contribution >= 4 is 32.7 Å². The van der Waals surface area contributed by atoms with E-state index in [1.54, 1.807) is 0 Å². The first-order chi connectivity index (χ1) is 11.7. The number of imidazole rings is 1. The molecule has 2 aromatic heterocycles. The first-order valence-electron chi connectivity index (χ1n) is 7.48. The maximum absolute atomic E-state index is 11.3. The summed E-state index contributed by atoms with van der Waals surface area (Å²) in [5.41, 5.74) is 3.32. The number of hydrogen-bond acceptors (Lipinski definition) is 3. The minimum atomic E-state index is -0.202. The Morgan fingerprint density at radius 1 is 0.958 bits per heavy atom. The Balaban J connectivity index is 1.49. The van der Waals surface area contributed by atoms with E-state index in [4.69, 9.17) is 4.42 Å². The molecule has 0 atom stereocenters. The molecule has 0 aliphatic heterocycles. The van der Waals surface area contributed by atoms with Crippen molar-refractivity contribution in [2.75, 3.05) is 5.32 Å². The second kappa shape index (κ2) is 6.05. The number of hydrogen-bond donors (Lipinski definition) is 3. The predicted octanol–water partition coefficient (Wildman–Crippen LogP) is 4.49. The summed E-state index contributed by atoms with van der Waals surface area (Å²) in [6.45, 7) is 0.566. The summed E-state index contributed by atoms with van der Waals surface area (Å²) >= 11 is 3.43. The number of furan rings is 1. The van der Waals surface area contributed by atoms with Gasteiger partial charge in [0.2, 0.25) is 0 Å². The smallest absolute Gasteiger partial charge is 0.323 e. The van der Waals surface area contributed by atoms with Crippen LogP contribution in [0.25, 0.3) is 22.4 Å². The maximum atomic E-state index is 11.3. The Labute approximate surface area is 145 Å². The molecule has 24 heavy (non-hydrogen) atoms. The molecule has 120 valence electrons. The van der Waals surface area contributed by atoms with Crippen LogP contribution in [0.15, 0.2) is 68.3 Å². The van der Waals surface area contributed by atoms with Crippen molar-refractivity contribution in [3.8, 4) is 11.3 Å². The molecule has 2 aromatic carbocycles. The molecule has 0 saturated carbocycles. The first-order valence-corrected chi connectivity index (χ1v) is 8.27. The molecule has 2 heterocycles. The molecule has 5 nitrogen and oxygen atoms in total. The van der Waals surface area contributed by atoms with Crippen LogP contribution < -0.4 is 11.0 Å². The third-order valence-corrected chi connectivity index (χ3v) is 4.30. The highest BCUT2D eigenvalue weighted by Crippen LogP contribution is 2.24. The van der Waals surface area contributed by atoms with E-state index in [2.05, 4.69) is 31.2 Å². The molecule has 4 rings (SSSR count). The van der Waals surface area contributed by atoms with Gasteiger partial charge >= 0.3 is 5.69 Å². The van der Waals surface area contributed by atoms with Crippen molar-refractivity contribution in [1.29, 1.82) is 0 Å². The lowest BCUT2D eigenvalue weighted by Crippen LogP contribution is -1.99. The van der Waals surface area contributed by atoms with E-state index < -0.39 is 0 Å². The lowest BCUT2D eigenvalue weighted by atomic mass is 10.2. The predicted molar refractivity (Wildman–Crippen MR) is 98.1 cm³/mol. The molecular weight excluding hydrogens is 370 g/mol. The Kier molecular flexibility index (Phi) is 3.74. The van der Waals surface area contributed by atoms with Crippen LogP contribution in [-0.2, 0) is 6.54 Å². The Morgan fingerprint density at radius 2 is 1.75 bits per heavy atom. The van der Waals surface area contributed by atoms with Gasteiger partial charge in [0, 0.05) is 15.7 Å². The second-order valence-corrected chi connectivity index (χ2v) is 6.38. The van der Waals surface area contributed by atoms with Gasteiger partial charge in [0.1, 0.15) is 11.5 Å². The van der Waals surface area contributed by atoms with Gasteiger partial charge in [0.15, 0.2) is 0 Å². The highest BCUT2D eigenvalue weighted by atomic mass is 79.9. The van der Waals surface area contributed by atoms with Crippen LogP contribution in [0.2, 0.25) is 0 Å². The van der Waals surface area contributed by atoms with Gasteiger partial charge in [-0.3, -0.25) is 0 Å². The molecule has 0 amide bonds. The fraction of sp³-hybridized carbons (Fsp3) is 0.0556. The van der Waals surface area contributed by atoms with Crippen LogP contribution in [0.5, 0.6) is 0 Å². The monoisotopic (exact) mass is 383 g/mol. The number of nitrogens with one attached hydrogen (secondary N) is 3. The van der Waals surface area contributed by atoms with Crippen molar-refractivity contribution in [1.82, 2.24) is 9.97 Å². The molecule has 0 unspecified atom stereocenters. The number of fused-ring (bicyclic) bond motifs is 1. The fourth-order valence-corrected chi connectivity index (χ4v) is 2.84. The third kappa shape index (κ3) is 3.00. The molecule has 4 aromatic rings. The lowest BCUT2D eigenvalue weighted by Gasteiger charge is -2.04. The molecule has 3 N–H and O–H groups in total. The second-order valence-electron chi connectivity index (χ2n) is 5.47. The van der Waals surface area contributed by atoms with E-state index in [1.807, 2.05) is 54.6 Å². The summed E-state index contributed by atoms with van der Waals surface area (Å²) in [6, 6.07) is 17.6. The molecular formula is C18H14BrN3O2. The van der Waals surface area contributed by atoms with Gasteiger partial charge in [-0.05, 0) is 42.5 Å². The van der Waals surface area contributed by atoms with Gasteiger partial charge in [-0.1, -0.05) is 28.1 Å². The molecule has 6 heteroatoms. The molecule has 0 aliphatic carbocycles. The van der Waals surface area contributed by atoms with Crippen LogP contribution in [0.3, 0.4) is 0 Å². The van der Waals surface area contributed by atoms with Gasteiger partial charge < -0.3 is 19.7 Å². The number of aromatic amines is 2. The fourth-order valence-electron chi connectivity index (χ4n) is 2.57. The van der Waals surface area contributed by atoms with Crippen LogP contribution in [-0.4, -0.2) is 9.97 Å². The third-order valence-electron chi connectivity index (χ3n) is 3.77. The van der Waals surface area contributed by atoms with Crippen molar-refractivity contribution in [3.63, 3.8) is 0 Å². The quantitative estimate of drug-likeness (QED) is 0.485. The van der Waals surface area contributed by atoms with E-state index >= 15 is 0 Å². The SMILES string of the molecule is O=c1[nH]c2ccc(NCc3ccc(-c4ccc(Br)cc4)o3)cc2[nH]1. The summed E-state index contributed by atoms with van der Waals surface area (Å²) < 4.78 is 6.92. The summed E-state index contributed by atoms with van der Waals surface area (Å²) in [5, 5.41) is 3.30. The molecule has 0 aliphatic rings. The first kappa shape index (κ1) is 14.8. The summed E-state index contributed by atoms with van der Waals surface area (Å²) in [5.74, 6) is 1.68. The van der Waals surface area contributed by atoms with E-state index in [-0.39, 0.29) is 5.69 Å². The summed E-state index contributed by atoms with van der Waals surface area (Å²) in [7, 11) is 0. The topological polar surface area (TPSA) is 73.8 Å². The average molecular weight is 384 g/mol. The number of benzene rings is 2. The Hall–Kier alpha value is -2.73. The van der Waals surface area contributed by atoms with Crippen LogP contribution >= 0.6 is 15.9 Å². The summed E-state index contributed by atoms with van der Waals surface area (Å²) in [6.07, 6.45) is 0. The minimum Gasteiger partial charge on any atom is -0.459 e. The van der Waals surface area contributed by atoms with E-state index in [9.17, 15) is 4.79 Å². The van der Waals surface area contributed by atoms with Crippen LogP contribution in [0.4, 0.5) is 5.69 Å². The van der Waals surface area contributed by atoms with Gasteiger partial charge in [0.25, 0.3) is 0 Å². The number of aromatic nitrogens is 2. The summed E-state index contributed by atoms with van der Waals surface area (Å²) in [4.78, 5) is 16.8. The highest BCUT2D eigenvalue weighted by molar-refractivity contribution is 9.10. The van der Waals surface area contributed by atoms with E-state index in [0.717, 1.165) is 38.3 Å². The standard InChI is InChI=1S/C18H14BrN3O2/c19-12-3-1-11(2-4-12)17-8-6-14(24-17)10-20-13-5-7-15-16(9-13)22-18(23)21-15/h1-9,20H,10H2,(H2,21,22,23). The molecule has 0 radical (unpaired) electrons. The van der Waals surface area contributed by atoms with Crippen LogP contribution in [0.1, 0.15) is 5.76 Å². The molecule has 0 spiro atoms. The largest absolute Gasteiger partial charge is 0.459 e. The Bertz CT molecular complexity index is 1040. The van der Waals surface area contributed by atoms with Gasteiger partial charge in [-0.2, -0.15) is 0 Å². The molecule has 0 bridgehead atoms.